The van der Waals surface area contributed by atoms with E-state index < -0.39 is 0 Å². The molecule has 3 heteroatoms. The van der Waals surface area contributed by atoms with Crippen molar-refractivity contribution >= 4 is 0 Å². The average molecular weight is 200 g/mol. The van der Waals surface area contributed by atoms with Crippen molar-refractivity contribution in [3.8, 4) is 23.0 Å². The van der Waals surface area contributed by atoms with E-state index in [1.807, 2.05) is 36.4 Å². The minimum atomic E-state index is 0.700. The van der Waals surface area contributed by atoms with Gasteiger partial charge in [0.1, 0.15) is 0 Å². The SMILES string of the molecule is c1coc(-c2ccc(-c3ccco3)o2)c1. The molecule has 3 aromatic heterocycles. The molecule has 0 unspecified atom stereocenters. The molecule has 0 aliphatic carbocycles. The average Bonchev–Trinajstić information content (AvgIpc) is 3.02. The van der Waals surface area contributed by atoms with Crippen LogP contribution < -0.4 is 0 Å². The molecule has 3 aromatic rings. The molecule has 0 saturated carbocycles. The third kappa shape index (κ3) is 1.38. The lowest BCUT2D eigenvalue weighted by atomic mass is 10.3. The highest BCUT2D eigenvalue weighted by molar-refractivity contribution is 5.57. The second-order valence-corrected chi connectivity index (χ2v) is 3.12. The third-order valence-corrected chi connectivity index (χ3v) is 2.13. The molecule has 15 heavy (non-hydrogen) atoms. The summed E-state index contributed by atoms with van der Waals surface area (Å²) >= 11 is 0. The lowest BCUT2D eigenvalue weighted by Gasteiger charge is -1.90. The van der Waals surface area contributed by atoms with Crippen LogP contribution in [0.15, 0.2) is 62.2 Å². The van der Waals surface area contributed by atoms with Crippen molar-refractivity contribution in [2.75, 3.05) is 0 Å². The van der Waals surface area contributed by atoms with Crippen LogP contribution in [0.1, 0.15) is 0 Å². The third-order valence-electron chi connectivity index (χ3n) is 2.13. The fourth-order valence-corrected chi connectivity index (χ4v) is 1.44. The molecule has 3 rings (SSSR count). The van der Waals surface area contributed by atoms with E-state index in [2.05, 4.69) is 0 Å². The smallest absolute Gasteiger partial charge is 0.170 e. The largest absolute Gasteiger partial charge is 0.461 e. The van der Waals surface area contributed by atoms with Crippen molar-refractivity contribution in [1.82, 2.24) is 0 Å². The minimum Gasteiger partial charge on any atom is -0.461 e. The van der Waals surface area contributed by atoms with Gasteiger partial charge in [0.05, 0.1) is 12.5 Å². The molecule has 0 atom stereocenters. The molecule has 0 radical (unpaired) electrons. The summed E-state index contributed by atoms with van der Waals surface area (Å²) in [7, 11) is 0. The molecule has 0 amide bonds. The second kappa shape index (κ2) is 3.20. The Hall–Kier alpha value is -2.16. The first-order chi connectivity index (χ1) is 7.43. The van der Waals surface area contributed by atoms with Gasteiger partial charge < -0.3 is 13.3 Å². The fourth-order valence-electron chi connectivity index (χ4n) is 1.44. The van der Waals surface area contributed by atoms with E-state index in [4.69, 9.17) is 13.3 Å². The highest BCUT2D eigenvalue weighted by Crippen LogP contribution is 2.28. The van der Waals surface area contributed by atoms with E-state index in [0.717, 1.165) is 0 Å². The summed E-state index contributed by atoms with van der Waals surface area (Å²) in [5, 5.41) is 0. The van der Waals surface area contributed by atoms with Crippen molar-refractivity contribution in [3.05, 3.63) is 48.9 Å². The van der Waals surface area contributed by atoms with Crippen LogP contribution in [0.25, 0.3) is 23.0 Å². The Morgan fingerprint density at radius 1 is 0.600 bits per heavy atom. The number of rotatable bonds is 2. The van der Waals surface area contributed by atoms with Gasteiger partial charge in [0.25, 0.3) is 0 Å². The molecule has 0 aromatic carbocycles. The zero-order chi connectivity index (χ0) is 10.1. The molecule has 0 aliphatic heterocycles. The van der Waals surface area contributed by atoms with E-state index in [1.54, 1.807) is 12.5 Å². The van der Waals surface area contributed by atoms with Crippen LogP contribution in [-0.4, -0.2) is 0 Å². The minimum absolute atomic E-state index is 0.700. The number of furan rings is 3. The van der Waals surface area contributed by atoms with Gasteiger partial charge in [-0.1, -0.05) is 0 Å². The van der Waals surface area contributed by atoms with Crippen molar-refractivity contribution in [2.24, 2.45) is 0 Å². The number of hydrogen-bond donors (Lipinski definition) is 0. The van der Waals surface area contributed by atoms with Crippen LogP contribution in [0.5, 0.6) is 0 Å². The normalized spacial score (nSPS) is 10.7. The molecule has 0 fully saturated rings. The molecule has 0 spiro atoms. The maximum Gasteiger partial charge on any atom is 0.170 e. The van der Waals surface area contributed by atoms with Crippen molar-refractivity contribution < 1.29 is 13.3 Å². The van der Waals surface area contributed by atoms with Gasteiger partial charge in [0.2, 0.25) is 0 Å². The van der Waals surface area contributed by atoms with Crippen LogP contribution in [0, 0.1) is 0 Å². The molecule has 3 nitrogen and oxygen atoms in total. The van der Waals surface area contributed by atoms with E-state index in [9.17, 15) is 0 Å². The van der Waals surface area contributed by atoms with Gasteiger partial charge in [-0.25, -0.2) is 0 Å². The van der Waals surface area contributed by atoms with E-state index in [0.29, 0.717) is 23.0 Å². The summed E-state index contributed by atoms with van der Waals surface area (Å²) in [6, 6.07) is 11.1. The van der Waals surface area contributed by atoms with Gasteiger partial charge in [-0.05, 0) is 36.4 Å². The Kier molecular flexibility index (Phi) is 1.75. The van der Waals surface area contributed by atoms with E-state index in [1.165, 1.54) is 0 Å². The molecule has 0 aliphatic rings. The molecular formula is C12H8O3. The van der Waals surface area contributed by atoms with Gasteiger partial charge in [0, 0.05) is 0 Å². The molecule has 74 valence electrons. The summed E-state index contributed by atoms with van der Waals surface area (Å²) in [6.45, 7) is 0. The summed E-state index contributed by atoms with van der Waals surface area (Å²) in [5.74, 6) is 2.83. The van der Waals surface area contributed by atoms with Crippen LogP contribution >= 0.6 is 0 Å². The topological polar surface area (TPSA) is 39.4 Å². The molecule has 0 N–H and O–H groups in total. The van der Waals surface area contributed by atoms with Crippen LogP contribution in [0.4, 0.5) is 0 Å². The first-order valence-corrected chi connectivity index (χ1v) is 4.61. The first-order valence-electron chi connectivity index (χ1n) is 4.61. The summed E-state index contributed by atoms with van der Waals surface area (Å²) < 4.78 is 16.0. The van der Waals surface area contributed by atoms with Crippen molar-refractivity contribution in [3.63, 3.8) is 0 Å². The van der Waals surface area contributed by atoms with E-state index in [-0.39, 0.29) is 0 Å². The highest BCUT2D eigenvalue weighted by atomic mass is 16.4. The number of hydrogen-bond acceptors (Lipinski definition) is 3. The first kappa shape index (κ1) is 8.17. The van der Waals surface area contributed by atoms with Gasteiger partial charge in [-0.3, -0.25) is 0 Å². The zero-order valence-electron chi connectivity index (χ0n) is 7.84. The fraction of sp³-hybridized carbons (Fsp3) is 0. The van der Waals surface area contributed by atoms with Gasteiger partial charge in [0.15, 0.2) is 23.0 Å². The maximum absolute atomic E-state index is 5.58. The van der Waals surface area contributed by atoms with Crippen LogP contribution in [0.3, 0.4) is 0 Å². The predicted octanol–water partition coefficient (Wildman–Crippen LogP) is 3.80. The Labute approximate surface area is 85.9 Å². The van der Waals surface area contributed by atoms with Crippen molar-refractivity contribution in [2.45, 2.75) is 0 Å². The van der Waals surface area contributed by atoms with Crippen LogP contribution in [-0.2, 0) is 0 Å². The molecule has 3 heterocycles. The van der Waals surface area contributed by atoms with Crippen LogP contribution in [0.2, 0.25) is 0 Å². The highest BCUT2D eigenvalue weighted by Gasteiger charge is 2.09. The van der Waals surface area contributed by atoms with Gasteiger partial charge in [-0.15, -0.1) is 0 Å². The van der Waals surface area contributed by atoms with Gasteiger partial charge >= 0.3 is 0 Å². The van der Waals surface area contributed by atoms with Gasteiger partial charge in [-0.2, -0.15) is 0 Å². The Morgan fingerprint density at radius 3 is 1.53 bits per heavy atom. The van der Waals surface area contributed by atoms with Crippen molar-refractivity contribution in [1.29, 1.82) is 0 Å². The zero-order valence-corrected chi connectivity index (χ0v) is 7.84. The second-order valence-electron chi connectivity index (χ2n) is 3.12. The molecule has 0 saturated heterocycles. The molecule has 0 bridgehead atoms. The maximum atomic E-state index is 5.58. The lowest BCUT2D eigenvalue weighted by Crippen LogP contribution is -1.65. The van der Waals surface area contributed by atoms with E-state index >= 15 is 0 Å². The monoisotopic (exact) mass is 200 g/mol. The summed E-state index contributed by atoms with van der Waals surface area (Å²) in [4.78, 5) is 0. The predicted molar refractivity (Wildman–Crippen MR) is 54.1 cm³/mol. The Morgan fingerprint density at radius 2 is 1.13 bits per heavy atom. The Balaban J connectivity index is 2.02. The molecular weight excluding hydrogens is 192 g/mol. The summed E-state index contributed by atoms with van der Waals surface area (Å²) in [5.41, 5.74) is 0. The lowest BCUT2D eigenvalue weighted by molar-refractivity contribution is 0.509. The Bertz CT molecular complexity index is 480. The quantitative estimate of drug-likeness (QED) is 0.631. The standard InChI is InChI=1S/C12H8O3/c1-3-9(13-7-1)11-5-6-12(15-11)10-4-2-8-14-10/h1-8H. The summed E-state index contributed by atoms with van der Waals surface area (Å²) in [6.07, 6.45) is 3.23.